The molecule has 90 valence electrons. The van der Waals surface area contributed by atoms with Gasteiger partial charge in [-0.25, -0.2) is 0 Å². The predicted octanol–water partition coefficient (Wildman–Crippen LogP) is 3.14. The number of carboxylic acid groups (broad SMARTS) is 1. The number of hydrogen-bond acceptors (Lipinski definition) is 1. The van der Waals surface area contributed by atoms with Gasteiger partial charge in [0.05, 0.1) is 0 Å². The molecule has 16 heavy (non-hydrogen) atoms. The highest BCUT2D eigenvalue weighted by Gasteiger charge is 2.56. The van der Waals surface area contributed by atoms with Crippen LogP contribution in [0.5, 0.6) is 0 Å². The third-order valence-electron chi connectivity index (χ3n) is 5.27. The molecule has 0 spiro atoms. The summed E-state index contributed by atoms with van der Waals surface area (Å²) in [6.07, 6.45) is 6.31. The molecule has 1 unspecified atom stereocenters. The maximum atomic E-state index is 11.3. The topological polar surface area (TPSA) is 37.3 Å². The van der Waals surface area contributed by atoms with Crippen molar-refractivity contribution in [1.82, 2.24) is 0 Å². The zero-order chi connectivity index (χ0) is 11.5. The lowest BCUT2D eigenvalue weighted by Gasteiger charge is -2.57. The Balaban J connectivity index is 1.89. The molecule has 4 saturated carbocycles. The van der Waals surface area contributed by atoms with Crippen LogP contribution in [-0.4, -0.2) is 16.0 Å². The molecule has 3 heteroatoms. The van der Waals surface area contributed by atoms with E-state index in [-0.39, 0.29) is 5.92 Å². The highest BCUT2D eigenvalue weighted by molar-refractivity contribution is 6.33. The first-order chi connectivity index (χ1) is 7.48. The lowest BCUT2D eigenvalue weighted by atomic mass is 9.49. The fourth-order valence-electron chi connectivity index (χ4n) is 4.95. The molecule has 2 nitrogen and oxygen atoms in total. The van der Waals surface area contributed by atoms with Gasteiger partial charge in [-0.2, -0.15) is 0 Å². The van der Waals surface area contributed by atoms with E-state index in [4.69, 9.17) is 11.6 Å². The second kappa shape index (κ2) is 3.38. The third kappa shape index (κ3) is 1.42. The zero-order valence-electron chi connectivity index (χ0n) is 9.66. The summed E-state index contributed by atoms with van der Waals surface area (Å²) in [5, 5.41) is 9.29. The normalized spacial score (nSPS) is 49.0. The van der Waals surface area contributed by atoms with Gasteiger partial charge in [-0.15, -0.1) is 11.6 Å². The van der Waals surface area contributed by atoms with Gasteiger partial charge in [0.2, 0.25) is 0 Å². The van der Waals surface area contributed by atoms with Gasteiger partial charge >= 0.3 is 5.97 Å². The lowest BCUT2D eigenvalue weighted by molar-refractivity contribution is -0.147. The second-order valence-corrected chi connectivity index (χ2v) is 7.12. The van der Waals surface area contributed by atoms with Crippen LogP contribution in [0, 0.1) is 29.6 Å². The first kappa shape index (κ1) is 10.9. The van der Waals surface area contributed by atoms with Gasteiger partial charge < -0.3 is 5.11 Å². The van der Waals surface area contributed by atoms with Gasteiger partial charge in [0.1, 0.15) is 4.87 Å². The summed E-state index contributed by atoms with van der Waals surface area (Å²) in [4.78, 5) is 10.3. The number of hydrogen-bond donors (Lipinski definition) is 1. The van der Waals surface area contributed by atoms with E-state index in [0.29, 0.717) is 11.8 Å². The number of carboxylic acids is 1. The maximum absolute atomic E-state index is 11.3. The molecule has 4 bridgehead atoms. The molecule has 4 aliphatic rings. The molecule has 4 rings (SSSR count). The number of halogens is 1. The standard InChI is InChI=1S/C13H19ClO2/c1-13(14,12(15)16)11-9-3-7-2-8(5-9)6-10(11)4-7/h7-11H,2-6H2,1H3,(H,15,16). The Morgan fingerprint density at radius 3 is 1.94 bits per heavy atom. The summed E-state index contributed by atoms with van der Waals surface area (Å²) in [7, 11) is 0. The van der Waals surface area contributed by atoms with Crippen LogP contribution >= 0.6 is 11.6 Å². The van der Waals surface area contributed by atoms with E-state index >= 15 is 0 Å². The number of rotatable bonds is 2. The lowest BCUT2D eigenvalue weighted by Crippen LogP contribution is -2.54. The molecule has 0 aromatic heterocycles. The van der Waals surface area contributed by atoms with Crippen LogP contribution in [0.25, 0.3) is 0 Å². The van der Waals surface area contributed by atoms with Crippen molar-refractivity contribution >= 4 is 17.6 Å². The molecule has 1 atom stereocenters. The Morgan fingerprint density at radius 1 is 1.12 bits per heavy atom. The predicted molar refractivity (Wildman–Crippen MR) is 62.4 cm³/mol. The first-order valence-electron chi connectivity index (χ1n) is 6.40. The molecular weight excluding hydrogens is 224 g/mol. The Hall–Kier alpha value is -0.240. The van der Waals surface area contributed by atoms with Crippen LogP contribution in [0.2, 0.25) is 0 Å². The van der Waals surface area contributed by atoms with E-state index in [1.807, 2.05) is 0 Å². The van der Waals surface area contributed by atoms with Crippen molar-refractivity contribution in [3.05, 3.63) is 0 Å². The highest BCUT2D eigenvalue weighted by atomic mass is 35.5. The molecule has 0 aromatic carbocycles. The summed E-state index contributed by atoms with van der Waals surface area (Å²) < 4.78 is 0. The average molecular weight is 243 g/mol. The van der Waals surface area contributed by atoms with Gasteiger partial charge in [-0.1, -0.05) is 0 Å². The fraction of sp³-hybridized carbons (Fsp3) is 0.923. The molecule has 1 N–H and O–H groups in total. The van der Waals surface area contributed by atoms with Gasteiger partial charge in [-0.05, 0) is 68.6 Å². The van der Waals surface area contributed by atoms with E-state index in [2.05, 4.69) is 0 Å². The van der Waals surface area contributed by atoms with Crippen molar-refractivity contribution in [3.8, 4) is 0 Å². The summed E-state index contributed by atoms with van der Waals surface area (Å²) >= 11 is 6.32. The summed E-state index contributed by atoms with van der Waals surface area (Å²) in [5.74, 6) is 2.29. The highest BCUT2D eigenvalue weighted by Crippen LogP contribution is 2.60. The van der Waals surface area contributed by atoms with Crippen molar-refractivity contribution in [2.75, 3.05) is 0 Å². The minimum atomic E-state index is -1.04. The largest absolute Gasteiger partial charge is 0.480 e. The monoisotopic (exact) mass is 242 g/mol. The number of alkyl halides is 1. The van der Waals surface area contributed by atoms with E-state index < -0.39 is 10.8 Å². The second-order valence-electron chi connectivity index (χ2n) is 6.34. The van der Waals surface area contributed by atoms with E-state index in [1.165, 1.54) is 32.1 Å². The Morgan fingerprint density at radius 2 is 1.56 bits per heavy atom. The molecule has 0 aromatic rings. The molecule has 0 aliphatic heterocycles. The van der Waals surface area contributed by atoms with Crippen molar-refractivity contribution in [1.29, 1.82) is 0 Å². The third-order valence-corrected chi connectivity index (χ3v) is 5.68. The van der Waals surface area contributed by atoms with Crippen LogP contribution in [-0.2, 0) is 4.79 Å². The maximum Gasteiger partial charge on any atom is 0.324 e. The molecule has 4 aliphatic carbocycles. The molecule has 0 amide bonds. The molecular formula is C13H19ClO2. The Bertz CT molecular complexity index is 296. The quantitative estimate of drug-likeness (QED) is 0.756. The van der Waals surface area contributed by atoms with E-state index in [1.54, 1.807) is 6.92 Å². The van der Waals surface area contributed by atoms with Gasteiger partial charge in [-0.3, -0.25) is 4.79 Å². The molecule has 4 fully saturated rings. The van der Waals surface area contributed by atoms with Crippen LogP contribution in [0.1, 0.15) is 39.0 Å². The van der Waals surface area contributed by atoms with Crippen molar-refractivity contribution in [2.45, 2.75) is 43.9 Å². The zero-order valence-corrected chi connectivity index (χ0v) is 10.4. The van der Waals surface area contributed by atoms with Crippen molar-refractivity contribution in [3.63, 3.8) is 0 Å². The fourth-order valence-corrected chi connectivity index (χ4v) is 5.31. The summed E-state index contributed by atoms with van der Waals surface area (Å²) in [6, 6.07) is 0. The SMILES string of the molecule is CC(Cl)(C(=O)O)C1C2CC3CC(C2)CC1C3. The Labute approximate surface area is 101 Å². The number of carbonyl (C=O) groups is 1. The van der Waals surface area contributed by atoms with Crippen LogP contribution in [0.3, 0.4) is 0 Å². The molecule has 0 heterocycles. The molecule has 0 saturated heterocycles. The number of aliphatic carboxylic acids is 1. The minimum absolute atomic E-state index is 0.208. The van der Waals surface area contributed by atoms with E-state index in [9.17, 15) is 9.90 Å². The van der Waals surface area contributed by atoms with Gasteiger partial charge in [0.15, 0.2) is 0 Å². The van der Waals surface area contributed by atoms with Crippen LogP contribution < -0.4 is 0 Å². The summed E-state index contributed by atoms with van der Waals surface area (Å²) in [6.45, 7) is 1.71. The minimum Gasteiger partial charge on any atom is -0.480 e. The van der Waals surface area contributed by atoms with E-state index in [0.717, 1.165) is 11.8 Å². The average Bonchev–Trinajstić information content (AvgIpc) is 2.14. The van der Waals surface area contributed by atoms with Crippen LogP contribution in [0.15, 0.2) is 0 Å². The van der Waals surface area contributed by atoms with Crippen molar-refractivity contribution < 1.29 is 9.90 Å². The Kier molecular flexibility index (Phi) is 2.30. The smallest absolute Gasteiger partial charge is 0.324 e. The van der Waals surface area contributed by atoms with Crippen molar-refractivity contribution in [2.24, 2.45) is 29.6 Å². The summed E-state index contributed by atoms with van der Waals surface area (Å²) in [5.41, 5.74) is 0. The van der Waals surface area contributed by atoms with Gasteiger partial charge in [0.25, 0.3) is 0 Å². The molecule has 0 radical (unpaired) electrons. The van der Waals surface area contributed by atoms with Crippen LogP contribution in [0.4, 0.5) is 0 Å². The first-order valence-corrected chi connectivity index (χ1v) is 6.78. The van der Waals surface area contributed by atoms with Gasteiger partial charge in [0, 0.05) is 0 Å².